The quantitative estimate of drug-likeness (QED) is 0.707. The number of carbonyl (C=O) groups excluding carboxylic acids is 1. The number of carbonyl (C=O) groups is 1. The predicted octanol–water partition coefficient (Wildman–Crippen LogP) is 2.88. The molecule has 0 spiro atoms. The average Bonchev–Trinajstić information content (AvgIpc) is 2.59. The number of rotatable bonds is 7. The molecule has 0 bridgehead atoms. The van der Waals surface area contributed by atoms with E-state index >= 15 is 0 Å². The van der Waals surface area contributed by atoms with Crippen LogP contribution in [0.5, 0.6) is 11.5 Å². The summed E-state index contributed by atoms with van der Waals surface area (Å²) < 4.78 is 22.5. The SMILES string of the molecule is CCN(CC)C(=O)c1cc(OC)c2c(c1)OC(C)(C)C(OCOC)C2. The summed E-state index contributed by atoms with van der Waals surface area (Å²) in [6, 6.07) is 3.60. The first-order valence-corrected chi connectivity index (χ1v) is 8.67. The van der Waals surface area contributed by atoms with E-state index < -0.39 is 5.60 Å². The molecule has 6 nitrogen and oxygen atoms in total. The zero-order chi connectivity index (χ0) is 18.6. The number of nitrogens with zero attached hydrogens (tertiary/aromatic N) is 1. The first kappa shape index (κ1) is 19.5. The second kappa shape index (κ2) is 8.06. The van der Waals surface area contributed by atoms with Crippen LogP contribution in [-0.4, -0.2) is 56.6 Å². The molecule has 1 amide bonds. The van der Waals surface area contributed by atoms with Gasteiger partial charge in [0, 0.05) is 37.7 Å². The van der Waals surface area contributed by atoms with Crippen molar-refractivity contribution < 1.29 is 23.7 Å². The molecular formula is C19H29NO5. The molecule has 140 valence electrons. The number of amides is 1. The normalized spacial score (nSPS) is 18.2. The molecule has 1 heterocycles. The van der Waals surface area contributed by atoms with Crippen LogP contribution in [0.3, 0.4) is 0 Å². The molecule has 6 heteroatoms. The number of benzene rings is 1. The van der Waals surface area contributed by atoms with Gasteiger partial charge in [0.2, 0.25) is 0 Å². The van der Waals surface area contributed by atoms with Crippen LogP contribution in [0, 0.1) is 0 Å². The Bertz CT molecular complexity index is 610. The number of hydrogen-bond acceptors (Lipinski definition) is 5. The standard InChI is InChI=1S/C19H29NO5/c1-7-20(8-2)18(21)13-9-15(23-6)14-11-17(24-12-22-5)19(3,4)25-16(14)10-13/h9-10,17H,7-8,11-12H2,1-6H3. The van der Waals surface area contributed by atoms with E-state index in [2.05, 4.69) is 0 Å². The summed E-state index contributed by atoms with van der Waals surface area (Å²) in [4.78, 5) is 14.5. The smallest absolute Gasteiger partial charge is 0.254 e. The number of ether oxygens (including phenoxy) is 4. The fourth-order valence-corrected chi connectivity index (χ4v) is 3.10. The highest BCUT2D eigenvalue weighted by Gasteiger charge is 2.39. The third-order valence-electron chi connectivity index (χ3n) is 4.61. The van der Waals surface area contributed by atoms with E-state index in [-0.39, 0.29) is 18.8 Å². The minimum absolute atomic E-state index is 0.0229. The number of fused-ring (bicyclic) bond motifs is 1. The molecule has 25 heavy (non-hydrogen) atoms. The van der Waals surface area contributed by atoms with E-state index in [1.165, 1.54) is 0 Å². The van der Waals surface area contributed by atoms with E-state index in [0.717, 1.165) is 5.56 Å². The van der Waals surface area contributed by atoms with Crippen LogP contribution in [0.2, 0.25) is 0 Å². The maximum atomic E-state index is 12.7. The van der Waals surface area contributed by atoms with Gasteiger partial charge in [0.05, 0.1) is 7.11 Å². The Morgan fingerprint density at radius 1 is 1.28 bits per heavy atom. The molecule has 1 aromatic rings. The molecule has 1 unspecified atom stereocenters. The predicted molar refractivity (Wildman–Crippen MR) is 95.4 cm³/mol. The Morgan fingerprint density at radius 2 is 1.96 bits per heavy atom. The summed E-state index contributed by atoms with van der Waals surface area (Å²) in [5.41, 5.74) is 0.957. The summed E-state index contributed by atoms with van der Waals surface area (Å²) in [6.45, 7) is 9.40. The van der Waals surface area contributed by atoms with Crippen LogP contribution in [0.25, 0.3) is 0 Å². The van der Waals surface area contributed by atoms with Crippen molar-refractivity contribution in [3.63, 3.8) is 0 Å². The molecule has 2 rings (SSSR count). The molecule has 0 saturated heterocycles. The van der Waals surface area contributed by atoms with Gasteiger partial charge in [-0.25, -0.2) is 0 Å². The van der Waals surface area contributed by atoms with Gasteiger partial charge in [-0.05, 0) is 39.8 Å². The Labute approximate surface area is 150 Å². The number of methoxy groups -OCH3 is 2. The first-order chi connectivity index (χ1) is 11.9. The zero-order valence-corrected chi connectivity index (χ0v) is 16.0. The van der Waals surface area contributed by atoms with Crippen LogP contribution in [0.15, 0.2) is 12.1 Å². The molecule has 1 atom stereocenters. The van der Waals surface area contributed by atoms with E-state index in [9.17, 15) is 4.79 Å². The monoisotopic (exact) mass is 351 g/mol. The molecule has 1 aliphatic heterocycles. The summed E-state index contributed by atoms with van der Waals surface area (Å²) in [7, 11) is 3.20. The largest absolute Gasteiger partial charge is 0.496 e. The third kappa shape index (κ3) is 4.07. The van der Waals surface area contributed by atoms with Gasteiger partial charge in [0.15, 0.2) is 0 Å². The molecule has 0 radical (unpaired) electrons. The second-order valence-electron chi connectivity index (χ2n) is 6.60. The lowest BCUT2D eigenvalue weighted by Gasteiger charge is -2.40. The van der Waals surface area contributed by atoms with Gasteiger partial charge in [-0.2, -0.15) is 0 Å². The lowest BCUT2D eigenvalue weighted by atomic mass is 9.89. The zero-order valence-electron chi connectivity index (χ0n) is 16.0. The topological polar surface area (TPSA) is 57.2 Å². The van der Waals surface area contributed by atoms with E-state index in [4.69, 9.17) is 18.9 Å². The van der Waals surface area contributed by atoms with Crippen molar-refractivity contribution in [2.75, 3.05) is 34.1 Å². The molecule has 0 aromatic heterocycles. The highest BCUT2D eigenvalue weighted by atomic mass is 16.7. The summed E-state index contributed by atoms with van der Waals surface area (Å²) in [5.74, 6) is 1.30. The van der Waals surface area contributed by atoms with Gasteiger partial charge in [-0.15, -0.1) is 0 Å². The van der Waals surface area contributed by atoms with Gasteiger partial charge >= 0.3 is 0 Å². The molecule has 0 saturated carbocycles. The fourth-order valence-electron chi connectivity index (χ4n) is 3.10. The molecule has 1 aliphatic rings. The van der Waals surface area contributed by atoms with Crippen LogP contribution in [0.1, 0.15) is 43.6 Å². The van der Waals surface area contributed by atoms with Crippen molar-refractivity contribution in [1.82, 2.24) is 4.90 Å². The maximum absolute atomic E-state index is 12.7. The minimum atomic E-state index is -0.534. The lowest BCUT2D eigenvalue weighted by molar-refractivity contribution is -0.139. The van der Waals surface area contributed by atoms with E-state index in [0.29, 0.717) is 36.6 Å². The highest BCUT2D eigenvalue weighted by molar-refractivity contribution is 5.95. The van der Waals surface area contributed by atoms with Crippen molar-refractivity contribution in [3.05, 3.63) is 23.3 Å². The van der Waals surface area contributed by atoms with Gasteiger partial charge in [0.25, 0.3) is 5.91 Å². The van der Waals surface area contributed by atoms with Gasteiger partial charge in [0.1, 0.15) is 30.0 Å². The summed E-state index contributed by atoms with van der Waals surface area (Å²) in [6.07, 6.45) is 0.465. The molecular weight excluding hydrogens is 322 g/mol. The Morgan fingerprint density at radius 3 is 2.52 bits per heavy atom. The van der Waals surface area contributed by atoms with Crippen molar-refractivity contribution >= 4 is 5.91 Å². The van der Waals surface area contributed by atoms with Crippen LogP contribution in [-0.2, 0) is 15.9 Å². The molecule has 0 N–H and O–H groups in total. The van der Waals surface area contributed by atoms with E-state index in [1.54, 1.807) is 25.2 Å². The third-order valence-corrected chi connectivity index (χ3v) is 4.61. The van der Waals surface area contributed by atoms with Crippen molar-refractivity contribution in [3.8, 4) is 11.5 Å². The van der Waals surface area contributed by atoms with Crippen molar-refractivity contribution in [2.24, 2.45) is 0 Å². The van der Waals surface area contributed by atoms with Crippen LogP contribution in [0.4, 0.5) is 0 Å². The molecule has 0 fully saturated rings. The van der Waals surface area contributed by atoms with E-state index in [1.807, 2.05) is 33.8 Å². The van der Waals surface area contributed by atoms with Crippen LogP contribution < -0.4 is 9.47 Å². The van der Waals surface area contributed by atoms with Gasteiger partial charge < -0.3 is 23.8 Å². The Kier molecular flexibility index (Phi) is 6.30. The Hall–Kier alpha value is -1.79. The van der Waals surface area contributed by atoms with Crippen molar-refractivity contribution in [1.29, 1.82) is 0 Å². The highest BCUT2D eigenvalue weighted by Crippen LogP contribution is 2.40. The summed E-state index contributed by atoms with van der Waals surface area (Å²) >= 11 is 0. The maximum Gasteiger partial charge on any atom is 0.254 e. The van der Waals surface area contributed by atoms with Crippen LogP contribution >= 0.6 is 0 Å². The van der Waals surface area contributed by atoms with Gasteiger partial charge in [-0.3, -0.25) is 4.79 Å². The fraction of sp³-hybridized carbons (Fsp3) is 0.632. The molecule has 1 aromatic carbocycles. The van der Waals surface area contributed by atoms with Crippen molar-refractivity contribution in [2.45, 2.75) is 45.8 Å². The molecule has 0 aliphatic carbocycles. The minimum Gasteiger partial charge on any atom is -0.496 e. The number of hydrogen-bond donors (Lipinski definition) is 0. The lowest BCUT2D eigenvalue weighted by Crippen LogP contribution is -2.48. The average molecular weight is 351 g/mol. The van der Waals surface area contributed by atoms with Gasteiger partial charge in [-0.1, -0.05) is 0 Å². The second-order valence-corrected chi connectivity index (χ2v) is 6.60. The Balaban J connectivity index is 2.40. The first-order valence-electron chi connectivity index (χ1n) is 8.67. The summed E-state index contributed by atoms with van der Waals surface area (Å²) in [5, 5.41) is 0.